The number of aromatic nitrogens is 3. The minimum atomic E-state index is -0.382. The van der Waals surface area contributed by atoms with Crippen LogP contribution in [0.5, 0.6) is 0 Å². The summed E-state index contributed by atoms with van der Waals surface area (Å²) < 4.78 is 1.60. The zero-order valence-electron chi connectivity index (χ0n) is 9.67. The van der Waals surface area contributed by atoms with Crippen molar-refractivity contribution in [1.29, 1.82) is 0 Å². The molecule has 0 aliphatic carbocycles. The van der Waals surface area contributed by atoms with E-state index in [1.165, 1.54) is 6.33 Å². The van der Waals surface area contributed by atoms with E-state index < -0.39 is 0 Å². The second-order valence-corrected chi connectivity index (χ2v) is 3.96. The fourth-order valence-electron chi connectivity index (χ4n) is 1.83. The molecule has 0 aromatic carbocycles. The maximum absolute atomic E-state index is 11.9. The van der Waals surface area contributed by atoms with Gasteiger partial charge in [0.05, 0.1) is 6.54 Å². The molecule has 7 nitrogen and oxygen atoms in total. The predicted octanol–water partition coefficient (Wildman–Crippen LogP) is -0.985. The molecule has 2 amide bonds. The number of aryl methyl sites for hydroxylation is 1. The molecule has 2 rings (SSSR count). The van der Waals surface area contributed by atoms with Gasteiger partial charge in [0.2, 0.25) is 11.8 Å². The first-order chi connectivity index (χ1) is 8.18. The van der Waals surface area contributed by atoms with Crippen molar-refractivity contribution in [3.05, 3.63) is 12.7 Å². The highest BCUT2D eigenvalue weighted by Gasteiger charge is 2.28. The van der Waals surface area contributed by atoms with E-state index in [0.29, 0.717) is 26.1 Å². The molecule has 1 atom stereocenters. The van der Waals surface area contributed by atoms with Crippen LogP contribution in [0.3, 0.4) is 0 Å². The van der Waals surface area contributed by atoms with Crippen LogP contribution in [-0.2, 0) is 16.1 Å². The van der Waals surface area contributed by atoms with Crippen LogP contribution in [0.15, 0.2) is 12.7 Å². The number of amides is 2. The highest BCUT2D eigenvalue weighted by Crippen LogP contribution is 2.06. The maximum atomic E-state index is 11.9. The van der Waals surface area contributed by atoms with Crippen molar-refractivity contribution in [3.8, 4) is 0 Å². The summed E-state index contributed by atoms with van der Waals surface area (Å²) in [5.41, 5.74) is 0. The zero-order chi connectivity index (χ0) is 12.3. The lowest BCUT2D eigenvalue weighted by Gasteiger charge is -2.32. The molecule has 0 radical (unpaired) electrons. The minimum absolute atomic E-state index is 0.0251. The van der Waals surface area contributed by atoms with Crippen molar-refractivity contribution in [2.45, 2.75) is 25.9 Å². The highest BCUT2D eigenvalue weighted by atomic mass is 16.2. The smallest absolute Gasteiger partial charge is 0.242 e. The number of hydrogen-bond donors (Lipinski definition) is 1. The topological polar surface area (TPSA) is 80.1 Å². The molecule has 1 saturated heterocycles. The normalized spacial score (nSPS) is 20.2. The van der Waals surface area contributed by atoms with Crippen molar-refractivity contribution < 1.29 is 9.59 Å². The highest BCUT2D eigenvalue weighted by molar-refractivity contribution is 5.88. The van der Waals surface area contributed by atoms with Gasteiger partial charge in [-0.1, -0.05) is 0 Å². The van der Waals surface area contributed by atoms with Crippen LogP contribution >= 0.6 is 0 Å². The molecule has 1 aromatic rings. The lowest BCUT2D eigenvalue weighted by molar-refractivity contribution is -0.142. The zero-order valence-corrected chi connectivity index (χ0v) is 9.67. The molecule has 2 heterocycles. The minimum Gasteiger partial charge on any atom is -0.353 e. The Bertz CT molecular complexity index is 403. The van der Waals surface area contributed by atoms with Gasteiger partial charge in [-0.05, 0) is 6.92 Å². The van der Waals surface area contributed by atoms with Crippen LogP contribution < -0.4 is 5.32 Å². The number of piperazine rings is 1. The Morgan fingerprint density at radius 3 is 3.18 bits per heavy atom. The monoisotopic (exact) mass is 237 g/mol. The van der Waals surface area contributed by atoms with Gasteiger partial charge < -0.3 is 10.2 Å². The second kappa shape index (κ2) is 4.94. The molecule has 0 spiro atoms. The van der Waals surface area contributed by atoms with Gasteiger partial charge in [0.1, 0.15) is 18.7 Å². The summed E-state index contributed by atoms with van der Waals surface area (Å²) in [5, 5.41) is 6.65. The summed E-state index contributed by atoms with van der Waals surface area (Å²) in [6.45, 7) is 3.33. The van der Waals surface area contributed by atoms with Crippen molar-refractivity contribution in [2.24, 2.45) is 0 Å². The number of rotatable bonds is 3. The van der Waals surface area contributed by atoms with Crippen molar-refractivity contribution in [1.82, 2.24) is 25.0 Å². The van der Waals surface area contributed by atoms with Crippen LogP contribution in [0.2, 0.25) is 0 Å². The van der Waals surface area contributed by atoms with E-state index in [2.05, 4.69) is 15.4 Å². The predicted molar refractivity (Wildman–Crippen MR) is 58.8 cm³/mol. The van der Waals surface area contributed by atoms with Gasteiger partial charge in [0.25, 0.3) is 0 Å². The number of hydrogen-bond acceptors (Lipinski definition) is 4. The first kappa shape index (κ1) is 11.6. The molecule has 1 aromatic heterocycles. The summed E-state index contributed by atoms with van der Waals surface area (Å²) >= 11 is 0. The SMILES string of the molecule is CC1C(=O)NCCN1C(=O)CCn1cncn1. The van der Waals surface area contributed by atoms with E-state index in [1.807, 2.05) is 0 Å². The van der Waals surface area contributed by atoms with Gasteiger partial charge in [0, 0.05) is 19.5 Å². The quantitative estimate of drug-likeness (QED) is 0.732. The van der Waals surface area contributed by atoms with Crippen LogP contribution in [0.1, 0.15) is 13.3 Å². The summed E-state index contributed by atoms with van der Waals surface area (Å²) in [7, 11) is 0. The van der Waals surface area contributed by atoms with Gasteiger partial charge >= 0.3 is 0 Å². The average molecular weight is 237 g/mol. The Balaban J connectivity index is 1.88. The Morgan fingerprint density at radius 1 is 1.65 bits per heavy atom. The molecule has 7 heteroatoms. The molecule has 0 bridgehead atoms. The Labute approximate surface area is 98.8 Å². The lowest BCUT2D eigenvalue weighted by atomic mass is 10.2. The van der Waals surface area contributed by atoms with Crippen molar-refractivity contribution in [2.75, 3.05) is 13.1 Å². The van der Waals surface area contributed by atoms with E-state index in [9.17, 15) is 9.59 Å². The van der Waals surface area contributed by atoms with Crippen molar-refractivity contribution in [3.63, 3.8) is 0 Å². The molecule has 1 aliphatic rings. The van der Waals surface area contributed by atoms with E-state index in [0.717, 1.165) is 0 Å². The summed E-state index contributed by atoms with van der Waals surface area (Å²) in [6.07, 6.45) is 3.34. The summed E-state index contributed by atoms with van der Waals surface area (Å²) in [5.74, 6) is -0.117. The molecule has 17 heavy (non-hydrogen) atoms. The van der Waals surface area contributed by atoms with Crippen LogP contribution in [0, 0.1) is 0 Å². The van der Waals surface area contributed by atoms with Gasteiger partial charge in [-0.15, -0.1) is 0 Å². The van der Waals surface area contributed by atoms with Crippen LogP contribution in [-0.4, -0.2) is 50.6 Å². The van der Waals surface area contributed by atoms with E-state index in [4.69, 9.17) is 0 Å². The number of nitrogens with zero attached hydrogens (tertiary/aromatic N) is 4. The standard InChI is InChI=1S/C10H15N5O2/c1-8-10(17)12-3-5-15(8)9(16)2-4-14-7-11-6-13-14/h6-8H,2-5H2,1H3,(H,12,17). The fourth-order valence-corrected chi connectivity index (χ4v) is 1.83. The Hall–Kier alpha value is -1.92. The molecule has 1 unspecified atom stereocenters. The second-order valence-electron chi connectivity index (χ2n) is 3.96. The van der Waals surface area contributed by atoms with Crippen LogP contribution in [0.25, 0.3) is 0 Å². The van der Waals surface area contributed by atoms with Crippen LogP contribution in [0.4, 0.5) is 0 Å². The number of carbonyl (C=O) groups excluding carboxylic acids is 2. The van der Waals surface area contributed by atoms with Gasteiger partial charge in [0.15, 0.2) is 0 Å². The summed E-state index contributed by atoms with van der Waals surface area (Å²) in [6, 6.07) is -0.382. The maximum Gasteiger partial charge on any atom is 0.242 e. The molecule has 1 aliphatic heterocycles. The van der Waals surface area contributed by atoms with Gasteiger partial charge in [-0.25, -0.2) is 4.98 Å². The van der Waals surface area contributed by atoms with E-state index in [1.54, 1.807) is 22.8 Å². The Morgan fingerprint density at radius 2 is 2.47 bits per heavy atom. The van der Waals surface area contributed by atoms with E-state index in [-0.39, 0.29) is 17.9 Å². The van der Waals surface area contributed by atoms with E-state index >= 15 is 0 Å². The Kier molecular flexibility index (Phi) is 3.36. The number of nitrogens with one attached hydrogen (secondary N) is 1. The first-order valence-corrected chi connectivity index (χ1v) is 5.58. The lowest BCUT2D eigenvalue weighted by Crippen LogP contribution is -2.55. The third-order valence-corrected chi connectivity index (χ3v) is 2.84. The molecular weight excluding hydrogens is 222 g/mol. The van der Waals surface area contributed by atoms with Gasteiger partial charge in [-0.2, -0.15) is 5.10 Å². The molecule has 92 valence electrons. The summed E-state index contributed by atoms with van der Waals surface area (Å²) in [4.78, 5) is 28.8. The van der Waals surface area contributed by atoms with Gasteiger partial charge in [-0.3, -0.25) is 14.3 Å². The molecule has 0 saturated carbocycles. The molecule has 1 N–H and O–H groups in total. The third kappa shape index (κ3) is 2.61. The average Bonchev–Trinajstić information content (AvgIpc) is 2.82. The molecular formula is C10H15N5O2. The fraction of sp³-hybridized carbons (Fsp3) is 0.600. The van der Waals surface area contributed by atoms with Crippen molar-refractivity contribution >= 4 is 11.8 Å². The third-order valence-electron chi connectivity index (χ3n) is 2.84. The largest absolute Gasteiger partial charge is 0.353 e. The molecule has 1 fully saturated rings. The first-order valence-electron chi connectivity index (χ1n) is 5.58. The number of carbonyl (C=O) groups is 2.